The fourth-order valence-corrected chi connectivity index (χ4v) is 6.67. The highest BCUT2D eigenvalue weighted by molar-refractivity contribution is 7.99. The molecular weight excluding hydrogens is 464 g/mol. The molecule has 3 heterocycles. The second kappa shape index (κ2) is 9.76. The van der Waals surface area contributed by atoms with Gasteiger partial charge >= 0.3 is 5.97 Å². The van der Waals surface area contributed by atoms with Gasteiger partial charge in [-0.15, -0.1) is 32.9 Å². The van der Waals surface area contributed by atoms with Gasteiger partial charge in [0, 0.05) is 27.7 Å². The van der Waals surface area contributed by atoms with Crippen LogP contribution in [0.1, 0.15) is 45.9 Å². The Hall–Kier alpha value is -2.17. The summed E-state index contributed by atoms with van der Waals surface area (Å²) in [6.45, 7) is 6.24. The van der Waals surface area contributed by atoms with E-state index in [0.717, 1.165) is 35.0 Å². The zero-order chi connectivity index (χ0) is 22.8. The number of fused-ring (bicyclic) bond motifs is 1. The van der Waals surface area contributed by atoms with Gasteiger partial charge in [-0.25, -0.2) is 4.79 Å². The maximum absolute atomic E-state index is 12.6. The predicted octanol–water partition coefficient (Wildman–Crippen LogP) is 4.95. The summed E-state index contributed by atoms with van der Waals surface area (Å²) in [5, 5.41) is 15.0. The fourth-order valence-electron chi connectivity index (χ4n) is 3.80. The van der Waals surface area contributed by atoms with Crippen molar-refractivity contribution in [1.29, 1.82) is 0 Å². The smallest absolute Gasteiger partial charge is 0.341 e. The number of esters is 1. The van der Waals surface area contributed by atoms with E-state index >= 15 is 0 Å². The number of rotatable bonds is 7. The molecule has 1 aliphatic carbocycles. The lowest BCUT2D eigenvalue weighted by molar-refractivity contribution is -0.113. The Kier molecular flexibility index (Phi) is 7.02. The first kappa shape index (κ1) is 23.0. The maximum atomic E-state index is 12.6. The monoisotopic (exact) mass is 490 g/mol. The molecule has 0 bridgehead atoms. The van der Waals surface area contributed by atoms with Gasteiger partial charge in [-0.2, -0.15) is 0 Å². The van der Waals surface area contributed by atoms with Gasteiger partial charge in [-0.05, 0) is 50.7 Å². The van der Waals surface area contributed by atoms with Gasteiger partial charge in [-0.1, -0.05) is 18.7 Å². The molecule has 1 N–H and O–H groups in total. The van der Waals surface area contributed by atoms with E-state index in [2.05, 4.69) is 27.8 Å². The maximum Gasteiger partial charge on any atom is 0.341 e. The zero-order valence-corrected chi connectivity index (χ0v) is 21.0. The van der Waals surface area contributed by atoms with Gasteiger partial charge in [0.25, 0.3) is 0 Å². The van der Waals surface area contributed by atoms with Gasteiger partial charge in [0.2, 0.25) is 5.91 Å². The number of ether oxygens (including phenoxy) is 1. The third kappa shape index (κ3) is 4.77. The third-order valence-corrected chi connectivity index (χ3v) is 8.45. The van der Waals surface area contributed by atoms with Crippen LogP contribution >= 0.6 is 34.4 Å². The molecule has 0 spiro atoms. The quantitative estimate of drug-likeness (QED) is 0.373. The zero-order valence-electron chi connectivity index (χ0n) is 18.6. The van der Waals surface area contributed by atoms with E-state index < -0.39 is 5.97 Å². The topological polar surface area (TPSA) is 86.1 Å². The minimum Gasteiger partial charge on any atom is -0.462 e. The number of carbonyl (C=O) groups excluding carboxylic acids is 2. The molecule has 0 aliphatic heterocycles. The van der Waals surface area contributed by atoms with E-state index in [4.69, 9.17) is 4.74 Å². The van der Waals surface area contributed by atoms with Gasteiger partial charge < -0.3 is 14.6 Å². The van der Waals surface area contributed by atoms with Crippen LogP contribution < -0.4 is 5.32 Å². The summed E-state index contributed by atoms with van der Waals surface area (Å²) < 4.78 is 7.04. The number of amides is 1. The van der Waals surface area contributed by atoms with Crippen LogP contribution in [-0.2, 0) is 29.4 Å². The molecular formula is C22H26N4O3S3. The summed E-state index contributed by atoms with van der Waals surface area (Å²) in [7, 11) is 1.94. The minimum absolute atomic E-state index is 0.171. The molecule has 1 atom stereocenters. The van der Waals surface area contributed by atoms with Crippen LogP contribution in [0.4, 0.5) is 5.00 Å². The molecule has 3 aromatic heterocycles. The number of hydrogen-bond donors (Lipinski definition) is 1. The van der Waals surface area contributed by atoms with Crippen molar-refractivity contribution in [3.05, 3.63) is 32.3 Å². The molecule has 0 saturated carbocycles. The molecule has 32 heavy (non-hydrogen) atoms. The number of thiophene rings is 2. The Labute approximate surface area is 199 Å². The highest BCUT2D eigenvalue weighted by atomic mass is 32.2. The average Bonchev–Trinajstić information content (AvgIpc) is 3.43. The normalized spacial score (nSPS) is 15.4. The van der Waals surface area contributed by atoms with E-state index in [0.29, 0.717) is 15.7 Å². The van der Waals surface area contributed by atoms with E-state index in [9.17, 15) is 9.59 Å². The number of thioether (sulfide) groups is 1. The first-order valence-corrected chi connectivity index (χ1v) is 13.2. The van der Waals surface area contributed by atoms with Gasteiger partial charge in [0.1, 0.15) is 5.00 Å². The highest BCUT2D eigenvalue weighted by Gasteiger charge is 2.24. The average molecular weight is 491 g/mol. The van der Waals surface area contributed by atoms with Crippen molar-refractivity contribution in [3.63, 3.8) is 0 Å². The van der Waals surface area contributed by atoms with Gasteiger partial charge in [0.15, 0.2) is 11.0 Å². The third-order valence-electron chi connectivity index (χ3n) is 5.41. The number of aromatic nitrogens is 3. The van der Waals surface area contributed by atoms with Crippen LogP contribution in [0.2, 0.25) is 0 Å². The van der Waals surface area contributed by atoms with Crippen LogP contribution in [0.3, 0.4) is 0 Å². The lowest BCUT2D eigenvalue weighted by Gasteiger charge is -2.18. The number of nitrogens with one attached hydrogen (secondary N) is 1. The highest BCUT2D eigenvalue weighted by Crippen LogP contribution is 2.38. The fraction of sp³-hybridized carbons (Fsp3) is 0.455. The molecule has 0 radical (unpaired) electrons. The standard InChI is InChI=1S/C22H26N4O3S3/c1-5-29-21(28)15-9-13(3)32-20(15)23-18(27)11-31-22-25-24-19(26(22)4)16-10-30-17-8-12(2)6-7-14(16)17/h9-10,12H,5-8,11H2,1-4H3,(H,23,27). The van der Waals surface area contributed by atoms with Crippen LogP contribution in [-0.4, -0.2) is 39.0 Å². The largest absolute Gasteiger partial charge is 0.462 e. The van der Waals surface area contributed by atoms with Crippen molar-refractivity contribution < 1.29 is 14.3 Å². The lowest BCUT2D eigenvalue weighted by atomic mass is 9.88. The summed E-state index contributed by atoms with van der Waals surface area (Å²) in [5.41, 5.74) is 2.96. The van der Waals surface area contributed by atoms with Gasteiger partial charge in [0.05, 0.1) is 17.9 Å². The Morgan fingerprint density at radius 1 is 1.38 bits per heavy atom. The summed E-state index contributed by atoms with van der Waals surface area (Å²) in [6.07, 6.45) is 3.41. The Balaban J connectivity index is 1.42. The number of hydrogen-bond acceptors (Lipinski definition) is 8. The summed E-state index contributed by atoms with van der Waals surface area (Å²) >= 11 is 4.50. The van der Waals surface area contributed by atoms with E-state index in [-0.39, 0.29) is 18.3 Å². The van der Waals surface area contributed by atoms with Crippen molar-refractivity contribution in [3.8, 4) is 11.4 Å². The molecule has 7 nitrogen and oxygen atoms in total. The van der Waals surface area contributed by atoms with Crippen molar-refractivity contribution in [2.45, 2.75) is 45.2 Å². The van der Waals surface area contributed by atoms with Crippen molar-refractivity contribution >= 4 is 51.3 Å². The van der Waals surface area contributed by atoms with E-state index in [1.54, 1.807) is 13.0 Å². The second-order valence-corrected chi connectivity index (χ2v) is 11.1. The summed E-state index contributed by atoms with van der Waals surface area (Å²) in [4.78, 5) is 27.1. The molecule has 10 heteroatoms. The molecule has 0 fully saturated rings. The number of anilines is 1. The minimum atomic E-state index is -0.425. The Morgan fingerprint density at radius 3 is 2.97 bits per heavy atom. The van der Waals surface area contributed by atoms with Crippen LogP contribution in [0.5, 0.6) is 0 Å². The van der Waals surface area contributed by atoms with E-state index in [1.165, 1.54) is 40.0 Å². The molecule has 4 rings (SSSR count). The Bertz CT molecular complexity index is 1150. The molecule has 0 saturated heterocycles. The molecule has 1 unspecified atom stereocenters. The number of aryl methyl sites for hydroxylation is 1. The first-order chi connectivity index (χ1) is 15.4. The first-order valence-electron chi connectivity index (χ1n) is 10.6. The molecule has 1 aliphatic rings. The summed E-state index contributed by atoms with van der Waals surface area (Å²) in [5.74, 6) is 1.12. The van der Waals surface area contributed by atoms with Crippen molar-refractivity contribution in [1.82, 2.24) is 14.8 Å². The SMILES string of the molecule is CCOC(=O)c1cc(C)sc1NC(=O)CSc1nnc(-c2csc3c2CCC(C)C3)n1C. The van der Waals surface area contributed by atoms with Crippen LogP contribution in [0.25, 0.3) is 11.4 Å². The van der Waals surface area contributed by atoms with Crippen molar-refractivity contribution in [2.75, 3.05) is 17.7 Å². The molecule has 0 aromatic carbocycles. The van der Waals surface area contributed by atoms with Gasteiger partial charge in [-0.3, -0.25) is 4.79 Å². The number of carbonyl (C=O) groups is 2. The van der Waals surface area contributed by atoms with Crippen molar-refractivity contribution in [2.24, 2.45) is 13.0 Å². The van der Waals surface area contributed by atoms with Crippen LogP contribution in [0.15, 0.2) is 16.6 Å². The Morgan fingerprint density at radius 2 is 2.19 bits per heavy atom. The predicted molar refractivity (Wildman–Crippen MR) is 130 cm³/mol. The molecule has 1 amide bonds. The summed E-state index contributed by atoms with van der Waals surface area (Å²) in [6, 6.07) is 1.74. The lowest BCUT2D eigenvalue weighted by Crippen LogP contribution is -2.16. The van der Waals surface area contributed by atoms with E-state index in [1.807, 2.05) is 29.9 Å². The van der Waals surface area contributed by atoms with Crippen LogP contribution in [0, 0.1) is 12.8 Å². The number of nitrogens with zero attached hydrogens (tertiary/aromatic N) is 3. The molecule has 170 valence electrons. The second-order valence-electron chi connectivity index (χ2n) is 7.92. The molecule has 3 aromatic rings.